The molecule has 1 fully saturated rings. The molecule has 0 spiro atoms. The molecular weight excluding hydrogens is 1020 g/mol. The zero-order valence-electron chi connectivity index (χ0n) is 47.2. The third-order valence-electron chi connectivity index (χ3n) is 15.5. The Hall–Kier alpha value is -6.99. The molecule has 0 saturated carbocycles. The number of nitrogens with one attached hydrogen (secondary N) is 3. The molecule has 424 valence electrons. The molecule has 79 heavy (non-hydrogen) atoms. The Kier molecular flexibility index (Phi) is 20.6. The molecule has 0 radical (unpaired) electrons. The van der Waals surface area contributed by atoms with E-state index in [9.17, 15) is 29.1 Å². The molecule has 0 bridgehead atoms. The van der Waals surface area contributed by atoms with Crippen molar-refractivity contribution in [3.05, 3.63) is 117 Å². The maximum absolute atomic E-state index is 15.2. The first-order valence-electron chi connectivity index (χ1n) is 27.8. The third kappa shape index (κ3) is 15.6. The highest BCUT2D eigenvalue weighted by atomic mass is 32.1. The molecule has 1 aliphatic heterocycles. The number of amides is 4. The van der Waals surface area contributed by atoms with E-state index in [0.717, 1.165) is 70.7 Å². The monoisotopic (exact) mass is 1100 g/mol. The molecule has 6 atom stereocenters. The number of anilines is 1. The Morgan fingerprint density at radius 3 is 2.20 bits per heavy atom. The van der Waals surface area contributed by atoms with Crippen LogP contribution in [0.2, 0.25) is 0 Å². The number of ether oxygens (including phenoxy) is 2. The van der Waals surface area contributed by atoms with E-state index in [0.29, 0.717) is 42.9 Å². The molecule has 2 aromatic heterocycles. The number of aliphatic carboxylic acids is 1. The number of hydrogen-bond donors (Lipinski definition) is 4. The van der Waals surface area contributed by atoms with Gasteiger partial charge in [-0.3, -0.25) is 38.9 Å². The van der Waals surface area contributed by atoms with Crippen LogP contribution in [0.5, 0.6) is 0 Å². The summed E-state index contributed by atoms with van der Waals surface area (Å²) in [5.41, 5.74) is 5.45. The number of hydrogen-bond acceptors (Lipinski definition) is 13. The van der Waals surface area contributed by atoms with Gasteiger partial charge in [0.05, 0.1) is 17.2 Å². The highest BCUT2D eigenvalue weighted by Crippen LogP contribution is 2.44. The van der Waals surface area contributed by atoms with Crippen molar-refractivity contribution in [2.45, 2.75) is 149 Å². The van der Waals surface area contributed by atoms with Crippen LogP contribution in [0, 0.1) is 17.3 Å². The van der Waals surface area contributed by atoms with Gasteiger partial charge in [-0.25, -0.2) is 9.78 Å². The van der Waals surface area contributed by atoms with Crippen LogP contribution in [0.1, 0.15) is 150 Å². The Bertz CT molecular complexity index is 2860. The number of aryl methyl sites for hydroxylation is 2. The van der Waals surface area contributed by atoms with Crippen LogP contribution >= 0.6 is 11.3 Å². The van der Waals surface area contributed by atoms with Gasteiger partial charge in [0.2, 0.25) is 11.8 Å². The third-order valence-corrected chi connectivity index (χ3v) is 16.5. The molecular formula is C60H79N9O9S. The Morgan fingerprint density at radius 1 is 0.911 bits per heavy atom. The van der Waals surface area contributed by atoms with E-state index in [-0.39, 0.29) is 67.2 Å². The summed E-state index contributed by atoms with van der Waals surface area (Å²) in [6.07, 6.45) is 6.13. The minimum atomic E-state index is -1.22. The van der Waals surface area contributed by atoms with Gasteiger partial charge >= 0.3 is 18.0 Å². The summed E-state index contributed by atoms with van der Waals surface area (Å²) in [6, 6.07) is 21.0. The van der Waals surface area contributed by atoms with Crippen molar-refractivity contribution in [1.82, 2.24) is 40.4 Å². The van der Waals surface area contributed by atoms with Gasteiger partial charge in [-0.1, -0.05) is 106 Å². The number of thiazole rings is 1. The lowest BCUT2D eigenvalue weighted by molar-refractivity contribution is -0.150. The SMILES string of the molecule is CC[C@H](C)[C@H](NC(=O)[C@H]1CCCCN1C)C(=O)N(CCCCc1cn(C)nn1)[C@H](C[C@@H](OC(C)=O)c1nc(C(=O)N[C@@H](Cc2ccc(NC(=O)OCC3c4ccccc4-c4ccccc43)cc2)CC(C)(C)C(=O)O)cs1)C(C)C. The molecule has 1 saturated heterocycles. The highest BCUT2D eigenvalue weighted by molar-refractivity contribution is 7.09. The fraction of sp³-hybridized carbons (Fsp3) is 0.517. The Morgan fingerprint density at radius 2 is 1.59 bits per heavy atom. The summed E-state index contributed by atoms with van der Waals surface area (Å²) in [5.74, 6) is -2.93. The molecule has 5 aromatic rings. The lowest BCUT2D eigenvalue weighted by Crippen LogP contribution is -2.59. The number of likely N-dealkylation sites (N-methyl/N-ethyl adjacent to an activating group) is 1. The maximum Gasteiger partial charge on any atom is 0.411 e. The number of carbonyl (C=O) groups is 6. The fourth-order valence-electron chi connectivity index (χ4n) is 10.9. The predicted molar refractivity (Wildman–Crippen MR) is 303 cm³/mol. The molecule has 19 heteroatoms. The molecule has 4 amide bonds. The number of carboxylic acid groups (broad SMARTS) is 1. The largest absolute Gasteiger partial charge is 0.481 e. The first-order chi connectivity index (χ1) is 37.7. The van der Waals surface area contributed by atoms with Gasteiger partial charge in [-0.2, -0.15) is 0 Å². The van der Waals surface area contributed by atoms with E-state index >= 15 is 4.79 Å². The number of esters is 1. The topological polar surface area (TPSA) is 227 Å². The van der Waals surface area contributed by atoms with E-state index in [1.165, 1.54) is 6.92 Å². The summed E-state index contributed by atoms with van der Waals surface area (Å²) in [4.78, 5) is 90.4. The summed E-state index contributed by atoms with van der Waals surface area (Å²) in [7, 11) is 3.76. The molecule has 7 rings (SSSR count). The van der Waals surface area contributed by atoms with Crippen molar-refractivity contribution in [2.24, 2.45) is 24.3 Å². The first-order valence-corrected chi connectivity index (χ1v) is 28.6. The van der Waals surface area contributed by atoms with Crippen LogP contribution in [0.25, 0.3) is 11.1 Å². The smallest absolute Gasteiger partial charge is 0.411 e. The molecule has 18 nitrogen and oxygen atoms in total. The van der Waals surface area contributed by atoms with Crippen molar-refractivity contribution in [2.75, 3.05) is 32.1 Å². The minimum absolute atomic E-state index is 0.0585. The summed E-state index contributed by atoms with van der Waals surface area (Å²) in [5, 5.41) is 29.5. The van der Waals surface area contributed by atoms with Crippen LogP contribution in [-0.4, -0.2) is 122 Å². The van der Waals surface area contributed by atoms with Crippen LogP contribution in [0.4, 0.5) is 10.5 Å². The van der Waals surface area contributed by atoms with E-state index in [1.807, 2.05) is 89.3 Å². The second-order valence-electron chi connectivity index (χ2n) is 22.4. The van der Waals surface area contributed by atoms with Crippen LogP contribution in [-0.2, 0) is 48.5 Å². The van der Waals surface area contributed by atoms with Crippen LogP contribution in [0.15, 0.2) is 84.4 Å². The minimum Gasteiger partial charge on any atom is -0.481 e. The second kappa shape index (κ2) is 27.3. The lowest BCUT2D eigenvalue weighted by atomic mass is 9.84. The van der Waals surface area contributed by atoms with Crippen LogP contribution < -0.4 is 16.0 Å². The molecule has 2 aliphatic rings. The summed E-state index contributed by atoms with van der Waals surface area (Å²) >= 11 is 1.15. The maximum atomic E-state index is 15.2. The number of nitrogens with zero attached hydrogens (tertiary/aromatic N) is 6. The first kappa shape index (κ1) is 59.7. The number of aromatic nitrogens is 4. The van der Waals surface area contributed by atoms with Gasteiger partial charge in [-0.05, 0) is 124 Å². The number of carboxylic acids is 1. The molecule has 3 heterocycles. The van der Waals surface area contributed by atoms with Gasteiger partial charge < -0.3 is 30.1 Å². The van der Waals surface area contributed by atoms with E-state index in [1.54, 1.807) is 36.0 Å². The molecule has 0 unspecified atom stereocenters. The van der Waals surface area contributed by atoms with Crippen molar-refractivity contribution in [1.29, 1.82) is 0 Å². The zero-order valence-corrected chi connectivity index (χ0v) is 48.0. The van der Waals surface area contributed by atoms with Crippen LogP contribution in [0.3, 0.4) is 0 Å². The fourth-order valence-corrected chi connectivity index (χ4v) is 11.7. The predicted octanol–water partition coefficient (Wildman–Crippen LogP) is 9.36. The standard InChI is InChI=1S/C60H79N9O9S/c1-10-38(4)53(64-55(72)50-24-16-17-29-67(50)8)57(73)69(30-18-15-19-42-34-68(9)66-65-42)51(37(2)3)32-52(78-39(5)70)56-63-49(36-79-56)54(71)61-43(33-60(6,7)58(74)75)31-40-25-27-41(28-26-40)62-59(76)77-35-48-46-22-13-11-20-44(46)45-21-12-14-23-47(45)48/h11-14,20-23,25-28,34,36-38,43,48,50-53H,10,15-19,24,29-33,35H2,1-9H3,(H,61,71)(H,62,76)(H,64,72)(H,74,75)/t38-,43-,50+,51+,52+,53-/m0/s1. The second-order valence-corrected chi connectivity index (χ2v) is 23.3. The number of unbranched alkanes of at least 4 members (excludes halogenated alkanes) is 1. The van der Waals surface area contributed by atoms with Crippen molar-refractivity contribution in [3.8, 4) is 11.1 Å². The number of likely N-dealkylation sites (tertiary alicyclic amines) is 1. The number of benzene rings is 3. The molecule has 4 N–H and O–H groups in total. The van der Waals surface area contributed by atoms with Gasteiger partial charge in [-0.15, -0.1) is 16.4 Å². The summed E-state index contributed by atoms with van der Waals surface area (Å²) in [6.45, 7) is 13.8. The summed E-state index contributed by atoms with van der Waals surface area (Å²) < 4.78 is 13.4. The Labute approximate surface area is 468 Å². The lowest BCUT2D eigenvalue weighted by Gasteiger charge is -2.40. The highest BCUT2D eigenvalue weighted by Gasteiger charge is 2.39. The van der Waals surface area contributed by atoms with Gasteiger partial charge in [0, 0.05) is 62.2 Å². The number of fused-ring (bicyclic) bond motifs is 3. The van der Waals surface area contributed by atoms with Crippen molar-refractivity contribution in [3.63, 3.8) is 0 Å². The number of piperidine rings is 1. The number of carbonyl (C=O) groups excluding carboxylic acids is 5. The molecule has 3 aromatic carbocycles. The average Bonchev–Trinajstić information content (AvgIpc) is 4.33. The van der Waals surface area contributed by atoms with E-state index in [2.05, 4.69) is 55.4 Å². The van der Waals surface area contributed by atoms with Crippen molar-refractivity contribution < 1.29 is 43.3 Å². The normalized spacial score (nSPS) is 16.4. The van der Waals surface area contributed by atoms with Gasteiger partial charge in [0.25, 0.3) is 5.91 Å². The molecule has 1 aliphatic carbocycles. The van der Waals surface area contributed by atoms with Gasteiger partial charge in [0.15, 0.2) is 6.10 Å². The quantitative estimate of drug-likeness (QED) is 0.0299. The van der Waals surface area contributed by atoms with Gasteiger partial charge in [0.1, 0.15) is 23.4 Å². The van der Waals surface area contributed by atoms with E-state index < -0.39 is 53.6 Å². The Balaban J connectivity index is 1.05. The average molecular weight is 1100 g/mol. The number of rotatable bonds is 26. The van der Waals surface area contributed by atoms with E-state index in [4.69, 9.17) is 14.5 Å². The van der Waals surface area contributed by atoms with Crippen molar-refractivity contribution >= 4 is 52.8 Å². The zero-order chi connectivity index (χ0) is 57.0.